The summed E-state index contributed by atoms with van der Waals surface area (Å²) < 4.78 is 0. The largest absolute Gasteiger partial charge is 0.0616 e. The molecule has 0 heterocycles. The molecule has 0 aliphatic heterocycles. The maximum atomic E-state index is 2.55. The van der Waals surface area contributed by atoms with Gasteiger partial charge in [0, 0.05) is 10.8 Å². The van der Waals surface area contributed by atoms with Crippen molar-refractivity contribution in [1.82, 2.24) is 0 Å². The van der Waals surface area contributed by atoms with Crippen molar-refractivity contribution in [3.63, 3.8) is 0 Å². The van der Waals surface area contributed by atoms with Crippen LogP contribution in [0.4, 0.5) is 0 Å². The van der Waals surface area contributed by atoms with E-state index in [2.05, 4.69) is 173 Å². The van der Waals surface area contributed by atoms with Crippen LogP contribution in [0.25, 0.3) is 76.8 Å². The van der Waals surface area contributed by atoms with Crippen LogP contribution in [0.1, 0.15) is 49.9 Å². The van der Waals surface area contributed by atoms with Crippen molar-refractivity contribution in [2.45, 2.75) is 38.5 Å². The molecule has 0 unspecified atom stereocenters. The summed E-state index contributed by atoms with van der Waals surface area (Å²) in [7, 11) is 0. The van der Waals surface area contributed by atoms with Crippen LogP contribution in [-0.4, -0.2) is 0 Å². The summed E-state index contributed by atoms with van der Waals surface area (Å²) in [6, 6.07) is 54.9. The van der Waals surface area contributed by atoms with E-state index >= 15 is 0 Å². The molecule has 0 saturated heterocycles. The second kappa shape index (κ2) is 9.55. The highest BCUT2D eigenvalue weighted by atomic mass is 14.5. The maximum Gasteiger partial charge on any atom is 0.0159 e. The van der Waals surface area contributed by atoms with Crippen molar-refractivity contribution in [1.29, 1.82) is 0 Å². The second-order valence-corrected chi connectivity index (χ2v) is 15.0. The standard InChI is InChI=1S/C48H36/c1-47(2)42-25-34(33-19-17-29-11-5-7-13-31(29)23-33)21-22-37(42)40-27-44-41(28-43(40)47)46-38-16-10-9-15-36(38)39(26-45(46)48(44,3)4)35-20-18-30-12-6-8-14-32(30)24-35/h5-28H,1-4H3. The van der Waals surface area contributed by atoms with Gasteiger partial charge in [0.1, 0.15) is 0 Å². The first-order chi connectivity index (χ1) is 23.3. The van der Waals surface area contributed by atoms with Gasteiger partial charge in [-0.3, -0.25) is 0 Å². The van der Waals surface area contributed by atoms with Gasteiger partial charge < -0.3 is 0 Å². The molecule has 0 atom stereocenters. The summed E-state index contributed by atoms with van der Waals surface area (Å²) in [4.78, 5) is 0. The van der Waals surface area contributed by atoms with E-state index in [1.54, 1.807) is 0 Å². The third-order valence-electron chi connectivity index (χ3n) is 11.6. The molecule has 0 nitrogen and oxygen atoms in total. The van der Waals surface area contributed by atoms with Gasteiger partial charge in [-0.1, -0.05) is 137 Å². The molecule has 48 heavy (non-hydrogen) atoms. The van der Waals surface area contributed by atoms with E-state index in [0.717, 1.165) is 0 Å². The van der Waals surface area contributed by atoms with Crippen LogP contribution in [0.2, 0.25) is 0 Å². The van der Waals surface area contributed by atoms with Crippen LogP contribution in [0, 0.1) is 0 Å². The molecule has 2 aliphatic rings. The average Bonchev–Trinajstić information content (AvgIpc) is 3.48. The Balaban J connectivity index is 1.15. The summed E-state index contributed by atoms with van der Waals surface area (Å²) in [5, 5.41) is 7.79. The molecule has 8 aromatic carbocycles. The maximum absolute atomic E-state index is 2.55. The van der Waals surface area contributed by atoms with Crippen molar-refractivity contribution in [2.24, 2.45) is 0 Å². The van der Waals surface area contributed by atoms with Crippen LogP contribution in [-0.2, 0) is 10.8 Å². The van der Waals surface area contributed by atoms with Gasteiger partial charge in [0.25, 0.3) is 0 Å². The van der Waals surface area contributed by atoms with Crippen LogP contribution >= 0.6 is 0 Å². The molecule has 0 aromatic heterocycles. The first-order valence-electron chi connectivity index (χ1n) is 17.2. The van der Waals surface area contributed by atoms with Crippen LogP contribution < -0.4 is 0 Å². The smallest absolute Gasteiger partial charge is 0.0159 e. The summed E-state index contributed by atoms with van der Waals surface area (Å²) in [5.74, 6) is 0. The van der Waals surface area contributed by atoms with Gasteiger partial charge in [-0.05, 0) is 135 Å². The molecule has 2 aliphatic carbocycles. The molecule has 0 heteroatoms. The van der Waals surface area contributed by atoms with Crippen molar-refractivity contribution in [2.75, 3.05) is 0 Å². The quantitative estimate of drug-likeness (QED) is 0.182. The minimum atomic E-state index is -0.132. The molecule has 0 saturated carbocycles. The topological polar surface area (TPSA) is 0 Å². The van der Waals surface area contributed by atoms with E-state index in [-0.39, 0.29) is 10.8 Å². The van der Waals surface area contributed by atoms with Crippen LogP contribution in [0.5, 0.6) is 0 Å². The predicted molar refractivity (Wildman–Crippen MR) is 205 cm³/mol. The van der Waals surface area contributed by atoms with Gasteiger partial charge in [0.05, 0.1) is 0 Å². The summed E-state index contributed by atoms with van der Waals surface area (Å²) in [6.07, 6.45) is 0. The van der Waals surface area contributed by atoms with Gasteiger partial charge in [-0.2, -0.15) is 0 Å². The normalized spacial score (nSPS) is 15.0. The first-order valence-corrected chi connectivity index (χ1v) is 17.2. The van der Waals surface area contributed by atoms with E-state index in [1.165, 1.54) is 99.1 Å². The van der Waals surface area contributed by atoms with Crippen molar-refractivity contribution >= 4 is 32.3 Å². The Morgan fingerprint density at radius 1 is 0.312 bits per heavy atom. The van der Waals surface area contributed by atoms with Gasteiger partial charge in [0.15, 0.2) is 0 Å². The highest BCUT2D eigenvalue weighted by Crippen LogP contribution is 2.58. The fourth-order valence-electron chi connectivity index (χ4n) is 8.95. The Morgan fingerprint density at radius 2 is 0.792 bits per heavy atom. The molecule has 8 aromatic rings. The van der Waals surface area contributed by atoms with Gasteiger partial charge in [-0.25, -0.2) is 0 Å². The Hall–Kier alpha value is -5.46. The van der Waals surface area contributed by atoms with Crippen molar-refractivity contribution in [3.05, 3.63) is 168 Å². The Bertz CT molecular complexity index is 2660. The van der Waals surface area contributed by atoms with Gasteiger partial charge in [0.2, 0.25) is 0 Å². The molecule has 228 valence electrons. The lowest BCUT2D eigenvalue weighted by Crippen LogP contribution is -2.17. The van der Waals surface area contributed by atoms with Crippen LogP contribution in [0.3, 0.4) is 0 Å². The zero-order valence-electron chi connectivity index (χ0n) is 27.9. The summed E-state index contributed by atoms with van der Waals surface area (Å²) >= 11 is 0. The first kappa shape index (κ1) is 27.6. The highest BCUT2D eigenvalue weighted by Gasteiger charge is 2.42. The summed E-state index contributed by atoms with van der Waals surface area (Å²) in [6.45, 7) is 9.67. The van der Waals surface area contributed by atoms with Crippen molar-refractivity contribution < 1.29 is 0 Å². The molecule has 10 rings (SSSR count). The third kappa shape index (κ3) is 3.72. The second-order valence-electron chi connectivity index (χ2n) is 15.0. The molecular weight excluding hydrogens is 577 g/mol. The number of benzene rings is 8. The molecule has 0 fully saturated rings. The third-order valence-corrected chi connectivity index (χ3v) is 11.6. The highest BCUT2D eigenvalue weighted by molar-refractivity contribution is 6.10. The van der Waals surface area contributed by atoms with E-state index in [0.29, 0.717) is 0 Å². The number of rotatable bonds is 2. The van der Waals surface area contributed by atoms with Crippen LogP contribution in [0.15, 0.2) is 146 Å². The minimum absolute atomic E-state index is 0.111. The molecule has 0 radical (unpaired) electrons. The molecule has 0 N–H and O–H groups in total. The average molecular weight is 613 g/mol. The number of hydrogen-bond acceptors (Lipinski definition) is 0. The zero-order chi connectivity index (χ0) is 32.4. The molecule has 0 amide bonds. The lowest BCUT2D eigenvalue weighted by Gasteiger charge is -2.24. The fourth-order valence-corrected chi connectivity index (χ4v) is 8.95. The Kier molecular flexibility index (Phi) is 5.50. The Labute approximate surface area is 282 Å². The summed E-state index contributed by atoms with van der Waals surface area (Å²) in [5.41, 5.74) is 16.2. The van der Waals surface area contributed by atoms with E-state index in [1.807, 2.05) is 0 Å². The molecular formula is C48H36. The van der Waals surface area contributed by atoms with E-state index < -0.39 is 0 Å². The van der Waals surface area contributed by atoms with Gasteiger partial charge >= 0.3 is 0 Å². The number of hydrogen-bond donors (Lipinski definition) is 0. The van der Waals surface area contributed by atoms with E-state index in [9.17, 15) is 0 Å². The predicted octanol–water partition coefficient (Wildman–Crippen LogP) is 13.1. The molecule has 0 bridgehead atoms. The monoisotopic (exact) mass is 612 g/mol. The zero-order valence-corrected chi connectivity index (χ0v) is 27.9. The SMILES string of the molecule is CC1(C)c2cc(-c3ccc4ccccc4c3)ccc2-c2cc3c(cc21)-c1c(cc(-c2ccc4ccccc4c2)c2ccccc12)C3(C)C. The van der Waals surface area contributed by atoms with Crippen molar-refractivity contribution in [3.8, 4) is 44.5 Å². The fraction of sp³-hybridized carbons (Fsp3) is 0.125. The lowest BCUT2D eigenvalue weighted by molar-refractivity contribution is 0.652. The van der Waals surface area contributed by atoms with E-state index in [4.69, 9.17) is 0 Å². The lowest BCUT2D eigenvalue weighted by atomic mass is 9.78. The Morgan fingerprint density at radius 3 is 1.52 bits per heavy atom. The number of fused-ring (bicyclic) bond motifs is 10. The molecule has 0 spiro atoms. The minimum Gasteiger partial charge on any atom is -0.0616 e. The van der Waals surface area contributed by atoms with Gasteiger partial charge in [-0.15, -0.1) is 0 Å².